The third kappa shape index (κ3) is 5.48. The standard InChI is InChI=1S/C20H31N3O2/c1-5-23(6-2)16-9-7-15(8-10-16)22-20(25)18-13-17(18)19(24)21-12-11-14(3)4/h7-10,14,17-18H,5-6,11-13H2,1-4H3,(H,21,24)(H,22,25). The van der Waals surface area contributed by atoms with Crippen molar-refractivity contribution in [3.05, 3.63) is 24.3 Å². The molecule has 5 nitrogen and oxygen atoms in total. The first kappa shape index (κ1) is 19.3. The Morgan fingerprint density at radius 1 is 1.08 bits per heavy atom. The molecule has 25 heavy (non-hydrogen) atoms. The maximum Gasteiger partial charge on any atom is 0.228 e. The molecular formula is C20H31N3O2. The quantitative estimate of drug-likeness (QED) is 0.722. The summed E-state index contributed by atoms with van der Waals surface area (Å²) in [5.41, 5.74) is 1.93. The Hall–Kier alpha value is -2.04. The van der Waals surface area contributed by atoms with E-state index >= 15 is 0 Å². The SMILES string of the molecule is CCN(CC)c1ccc(NC(=O)C2CC2C(=O)NCCC(C)C)cc1. The van der Waals surface area contributed by atoms with Crippen molar-refractivity contribution < 1.29 is 9.59 Å². The van der Waals surface area contributed by atoms with Crippen LogP contribution in [0.15, 0.2) is 24.3 Å². The molecule has 1 aromatic rings. The minimum Gasteiger partial charge on any atom is -0.372 e. The van der Waals surface area contributed by atoms with Crippen LogP contribution < -0.4 is 15.5 Å². The third-order valence-corrected chi connectivity index (χ3v) is 4.75. The van der Waals surface area contributed by atoms with Crippen molar-refractivity contribution in [3.63, 3.8) is 0 Å². The van der Waals surface area contributed by atoms with Gasteiger partial charge < -0.3 is 15.5 Å². The summed E-state index contributed by atoms with van der Waals surface area (Å²) in [5, 5.41) is 5.86. The van der Waals surface area contributed by atoms with Crippen molar-refractivity contribution in [2.75, 3.05) is 29.9 Å². The molecule has 0 saturated heterocycles. The predicted molar refractivity (Wildman–Crippen MR) is 103 cm³/mol. The van der Waals surface area contributed by atoms with Gasteiger partial charge in [-0.15, -0.1) is 0 Å². The molecule has 2 N–H and O–H groups in total. The van der Waals surface area contributed by atoms with Gasteiger partial charge in [-0.25, -0.2) is 0 Å². The number of amides is 2. The average molecular weight is 345 g/mol. The summed E-state index contributed by atoms with van der Waals surface area (Å²) >= 11 is 0. The fraction of sp³-hybridized carbons (Fsp3) is 0.600. The van der Waals surface area contributed by atoms with E-state index < -0.39 is 0 Å². The van der Waals surface area contributed by atoms with E-state index in [1.54, 1.807) is 0 Å². The van der Waals surface area contributed by atoms with Crippen LogP contribution in [0.4, 0.5) is 11.4 Å². The first-order valence-electron chi connectivity index (χ1n) is 9.39. The highest BCUT2D eigenvalue weighted by Gasteiger charge is 2.47. The van der Waals surface area contributed by atoms with Crippen molar-refractivity contribution in [3.8, 4) is 0 Å². The molecule has 5 heteroatoms. The van der Waals surface area contributed by atoms with E-state index in [-0.39, 0.29) is 23.7 Å². The maximum absolute atomic E-state index is 12.3. The molecule has 0 aliphatic heterocycles. The zero-order valence-corrected chi connectivity index (χ0v) is 15.8. The van der Waals surface area contributed by atoms with Crippen LogP contribution in [0.25, 0.3) is 0 Å². The molecule has 1 aromatic carbocycles. The number of rotatable bonds is 9. The number of anilines is 2. The van der Waals surface area contributed by atoms with Crippen LogP contribution in [-0.4, -0.2) is 31.4 Å². The summed E-state index contributed by atoms with van der Waals surface area (Å²) < 4.78 is 0. The number of benzene rings is 1. The van der Waals surface area contributed by atoms with Gasteiger partial charge in [-0.05, 0) is 56.9 Å². The molecule has 2 rings (SSSR count). The molecule has 1 fully saturated rings. The first-order chi connectivity index (χ1) is 12.0. The molecule has 0 bridgehead atoms. The molecule has 0 aromatic heterocycles. The van der Waals surface area contributed by atoms with Gasteiger partial charge in [0.25, 0.3) is 0 Å². The van der Waals surface area contributed by atoms with Crippen molar-refractivity contribution in [1.29, 1.82) is 0 Å². The second-order valence-electron chi connectivity index (χ2n) is 7.13. The Morgan fingerprint density at radius 2 is 1.68 bits per heavy atom. The number of carbonyl (C=O) groups excluding carboxylic acids is 2. The van der Waals surface area contributed by atoms with E-state index in [0.29, 0.717) is 18.9 Å². The molecule has 1 aliphatic rings. The van der Waals surface area contributed by atoms with Crippen LogP contribution in [0.5, 0.6) is 0 Å². The number of hydrogen-bond donors (Lipinski definition) is 2. The maximum atomic E-state index is 12.3. The van der Waals surface area contributed by atoms with Gasteiger partial charge in [-0.1, -0.05) is 13.8 Å². The highest BCUT2D eigenvalue weighted by Crippen LogP contribution is 2.39. The second kappa shape index (κ2) is 8.88. The summed E-state index contributed by atoms with van der Waals surface area (Å²) in [6, 6.07) is 7.88. The van der Waals surface area contributed by atoms with E-state index in [4.69, 9.17) is 0 Å². The summed E-state index contributed by atoms with van der Waals surface area (Å²) in [6.45, 7) is 11.1. The minimum atomic E-state index is -0.193. The topological polar surface area (TPSA) is 61.4 Å². The lowest BCUT2D eigenvalue weighted by Crippen LogP contribution is -2.28. The molecule has 2 unspecified atom stereocenters. The third-order valence-electron chi connectivity index (χ3n) is 4.75. The summed E-state index contributed by atoms with van der Waals surface area (Å²) in [4.78, 5) is 26.6. The molecular weight excluding hydrogens is 314 g/mol. The first-order valence-corrected chi connectivity index (χ1v) is 9.39. The van der Waals surface area contributed by atoms with Crippen molar-refractivity contribution >= 4 is 23.2 Å². The highest BCUT2D eigenvalue weighted by atomic mass is 16.2. The lowest BCUT2D eigenvalue weighted by molar-refractivity contribution is -0.125. The zero-order valence-electron chi connectivity index (χ0n) is 15.8. The van der Waals surface area contributed by atoms with Gasteiger partial charge >= 0.3 is 0 Å². The van der Waals surface area contributed by atoms with E-state index in [1.807, 2.05) is 24.3 Å². The normalized spacial score (nSPS) is 18.8. The van der Waals surface area contributed by atoms with Crippen LogP contribution in [0.3, 0.4) is 0 Å². The summed E-state index contributed by atoms with van der Waals surface area (Å²) in [6.07, 6.45) is 1.62. The van der Waals surface area contributed by atoms with Crippen LogP contribution in [0, 0.1) is 17.8 Å². The monoisotopic (exact) mass is 345 g/mol. The van der Waals surface area contributed by atoms with Crippen LogP contribution >= 0.6 is 0 Å². The van der Waals surface area contributed by atoms with Gasteiger partial charge in [0.1, 0.15) is 0 Å². The Bertz CT molecular complexity index is 579. The van der Waals surface area contributed by atoms with E-state index in [9.17, 15) is 9.59 Å². The van der Waals surface area contributed by atoms with Crippen LogP contribution in [0.2, 0.25) is 0 Å². The molecule has 0 spiro atoms. The second-order valence-corrected chi connectivity index (χ2v) is 7.13. The molecule has 1 aliphatic carbocycles. The van der Waals surface area contributed by atoms with Crippen molar-refractivity contribution in [1.82, 2.24) is 5.32 Å². The van der Waals surface area contributed by atoms with Gasteiger partial charge in [-0.2, -0.15) is 0 Å². The van der Waals surface area contributed by atoms with Gasteiger partial charge in [-0.3, -0.25) is 9.59 Å². The Labute approximate surface area is 151 Å². The molecule has 0 radical (unpaired) electrons. The van der Waals surface area contributed by atoms with Gasteiger partial charge in [0, 0.05) is 31.0 Å². The molecule has 2 atom stereocenters. The number of nitrogens with zero attached hydrogens (tertiary/aromatic N) is 1. The molecule has 138 valence electrons. The predicted octanol–water partition coefficient (Wildman–Crippen LogP) is 3.27. The molecule has 1 saturated carbocycles. The van der Waals surface area contributed by atoms with Gasteiger partial charge in [0.15, 0.2) is 0 Å². The minimum absolute atomic E-state index is 0.0117. The van der Waals surface area contributed by atoms with E-state index in [1.165, 1.54) is 0 Å². The summed E-state index contributed by atoms with van der Waals surface area (Å²) in [7, 11) is 0. The largest absolute Gasteiger partial charge is 0.372 e. The van der Waals surface area contributed by atoms with Crippen LogP contribution in [-0.2, 0) is 9.59 Å². The molecule has 2 amide bonds. The van der Waals surface area contributed by atoms with Gasteiger partial charge in [0.05, 0.1) is 11.8 Å². The average Bonchev–Trinajstić information content (AvgIpc) is 3.38. The molecule has 0 heterocycles. The Morgan fingerprint density at radius 3 is 2.24 bits per heavy atom. The lowest BCUT2D eigenvalue weighted by atomic mass is 10.1. The fourth-order valence-corrected chi connectivity index (χ4v) is 2.97. The van der Waals surface area contributed by atoms with E-state index in [0.717, 1.165) is 30.9 Å². The number of hydrogen-bond acceptors (Lipinski definition) is 3. The van der Waals surface area contributed by atoms with Crippen molar-refractivity contribution in [2.24, 2.45) is 17.8 Å². The summed E-state index contributed by atoms with van der Waals surface area (Å²) in [5.74, 6) is 0.166. The Kier molecular flexibility index (Phi) is 6.85. The zero-order chi connectivity index (χ0) is 18.4. The Balaban J connectivity index is 1.80. The highest BCUT2D eigenvalue weighted by molar-refractivity contribution is 5.99. The smallest absolute Gasteiger partial charge is 0.228 e. The van der Waals surface area contributed by atoms with E-state index in [2.05, 4.69) is 43.2 Å². The number of carbonyl (C=O) groups is 2. The lowest BCUT2D eigenvalue weighted by Gasteiger charge is -2.21. The van der Waals surface area contributed by atoms with Crippen LogP contribution in [0.1, 0.15) is 40.5 Å². The number of nitrogens with one attached hydrogen (secondary N) is 2. The van der Waals surface area contributed by atoms with Crippen molar-refractivity contribution in [2.45, 2.75) is 40.5 Å². The fourth-order valence-electron chi connectivity index (χ4n) is 2.97. The van der Waals surface area contributed by atoms with Gasteiger partial charge in [0.2, 0.25) is 11.8 Å².